The van der Waals surface area contributed by atoms with E-state index in [4.69, 9.17) is 9.47 Å². The van der Waals surface area contributed by atoms with Gasteiger partial charge in [-0.15, -0.1) is 0 Å². The first kappa shape index (κ1) is 31.5. The molecule has 5 aromatic carbocycles. The lowest BCUT2D eigenvalue weighted by Crippen LogP contribution is -2.42. The Labute approximate surface area is 271 Å². The van der Waals surface area contributed by atoms with Crippen molar-refractivity contribution in [3.8, 4) is 28.4 Å². The number of hydrogen-bond donors (Lipinski definition) is 2. The number of hydrogen-bond acceptors (Lipinski definition) is 4. The van der Waals surface area contributed by atoms with Crippen LogP contribution in [-0.4, -0.2) is 29.6 Å². The quantitative estimate of drug-likeness (QED) is 0.116. The van der Waals surface area contributed by atoms with Gasteiger partial charge >= 0.3 is 5.97 Å². The van der Waals surface area contributed by atoms with Crippen LogP contribution >= 0.6 is 15.9 Å². The van der Waals surface area contributed by atoms with Gasteiger partial charge in [0.05, 0.1) is 12.2 Å². The van der Waals surface area contributed by atoms with Gasteiger partial charge in [-0.25, -0.2) is 4.79 Å². The van der Waals surface area contributed by atoms with Crippen molar-refractivity contribution in [1.29, 1.82) is 0 Å². The average Bonchev–Trinajstić information content (AvgIpc) is 3.06. The molecule has 7 heteroatoms. The van der Waals surface area contributed by atoms with Crippen molar-refractivity contribution in [2.45, 2.75) is 31.7 Å². The third-order valence-electron chi connectivity index (χ3n) is 7.31. The van der Waals surface area contributed by atoms with Crippen LogP contribution < -0.4 is 14.8 Å². The zero-order valence-electron chi connectivity index (χ0n) is 24.7. The van der Waals surface area contributed by atoms with Crippen LogP contribution in [0.3, 0.4) is 0 Å². The Hall–Kier alpha value is -4.88. The number of aryl methyl sites for hydroxylation is 1. The van der Waals surface area contributed by atoms with Crippen LogP contribution in [0.15, 0.2) is 132 Å². The number of amides is 1. The number of ether oxygens (including phenoxy) is 2. The molecule has 0 aliphatic carbocycles. The third-order valence-corrected chi connectivity index (χ3v) is 7.81. The lowest BCUT2D eigenvalue weighted by molar-refractivity contribution is -0.139. The van der Waals surface area contributed by atoms with Gasteiger partial charge in [-0.3, -0.25) is 4.79 Å². The number of rotatable bonds is 14. The third kappa shape index (κ3) is 9.06. The second-order valence-electron chi connectivity index (χ2n) is 10.6. The number of halogens is 1. The summed E-state index contributed by atoms with van der Waals surface area (Å²) in [5.74, 6) is 0.248. The van der Waals surface area contributed by atoms with E-state index in [0.717, 1.165) is 47.5 Å². The molecule has 6 nitrogen and oxygen atoms in total. The molecule has 0 spiro atoms. The topological polar surface area (TPSA) is 84.9 Å². The minimum absolute atomic E-state index is 0.118. The maximum Gasteiger partial charge on any atom is 0.326 e. The van der Waals surface area contributed by atoms with Gasteiger partial charge in [0.15, 0.2) is 0 Å². The molecular formula is C38H34BrNO5. The standard InChI is InChI=1S/C38H34BrNO5/c39-30-22-23-35(44-24-10-9-13-27-11-3-1-4-12-27)33(26-30)37(41)40-34(38(42)43)25-28-18-20-29(21-19-28)32-16-7-8-17-36(32)45-31-14-5-2-6-15-31/h1-8,11-12,14-23,26,34H,9-10,13,24-25H2,(H,40,41)(H,42,43). The fourth-order valence-corrected chi connectivity index (χ4v) is 5.33. The molecule has 5 rings (SSSR count). The van der Waals surface area contributed by atoms with Gasteiger partial charge in [-0.2, -0.15) is 0 Å². The average molecular weight is 665 g/mol. The highest BCUT2D eigenvalue weighted by molar-refractivity contribution is 9.10. The fourth-order valence-electron chi connectivity index (χ4n) is 4.97. The van der Waals surface area contributed by atoms with Gasteiger partial charge < -0.3 is 19.9 Å². The maximum atomic E-state index is 13.3. The molecule has 0 fully saturated rings. The molecule has 0 aliphatic heterocycles. The Bertz CT molecular complexity index is 1710. The van der Waals surface area contributed by atoms with E-state index in [1.165, 1.54) is 5.56 Å². The van der Waals surface area contributed by atoms with Crippen molar-refractivity contribution in [3.05, 3.63) is 149 Å². The molecule has 0 radical (unpaired) electrons. The molecule has 228 valence electrons. The summed E-state index contributed by atoms with van der Waals surface area (Å²) in [7, 11) is 0. The summed E-state index contributed by atoms with van der Waals surface area (Å²) in [6.45, 7) is 0.447. The Morgan fingerprint density at radius 3 is 2.16 bits per heavy atom. The highest BCUT2D eigenvalue weighted by Crippen LogP contribution is 2.33. The minimum atomic E-state index is -1.13. The lowest BCUT2D eigenvalue weighted by atomic mass is 9.99. The van der Waals surface area contributed by atoms with Gasteiger partial charge in [0.2, 0.25) is 0 Å². The molecule has 0 aliphatic rings. The Balaban J connectivity index is 1.21. The summed E-state index contributed by atoms with van der Waals surface area (Å²) in [6.07, 6.45) is 2.84. The number of aliphatic carboxylic acids is 1. The molecule has 1 amide bonds. The number of benzene rings is 5. The van der Waals surface area contributed by atoms with Gasteiger partial charge in [0.25, 0.3) is 5.91 Å². The normalized spacial score (nSPS) is 11.4. The number of carboxylic acid groups (broad SMARTS) is 1. The number of para-hydroxylation sites is 2. The summed E-state index contributed by atoms with van der Waals surface area (Å²) in [5, 5.41) is 12.7. The molecule has 0 saturated heterocycles. The molecule has 0 heterocycles. The monoisotopic (exact) mass is 663 g/mol. The van der Waals surface area contributed by atoms with E-state index < -0.39 is 17.9 Å². The van der Waals surface area contributed by atoms with Crippen molar-refractivity contribution in [3.63, 3.8) is 0 Å². The van der Waals surface area contributed by atoms with Crippen LogP contribution in [0, 0.1) is 0 Å². The number of unbranched alkanes of at least 4 members (excludes halogenated alkanes) is 1. The molecule has 5 aromatic rings. The molecule has 45 heavy (non-hydrogen) atoms. The van der Waals surface area contributed by atoms with Crippen LogP contribution in [0.2, 0.25) is 0 Å². The first-order chi connectivity index (χ1) is 22.0. The summed E-state index contributed by atoms with van der Waals surface area (Å²) in [4.78, 5) is 25.6. The molecule has 0 bridgehead atoms. The Kier molecular flexibility index (Phi) is 11.0. The zero-order valence-corrected chi connectivity index (χ0v) is 26.3. The fraction of sp³-hybridized carbons (Fsp3) is 0.158. The van der Waals surface area contributed by atoms with Crippen molar-refractivity contribution >= 4 is 27.8 Å². The van der Waals surface area contributed by atoms with Crippen LogP contribution in [-0.2, 0) is 17.6 Å². The molecule has 0 aromatic heterocycles. The molecular weight excluding hydrogens is 630 g/mol. The summed E-state index contributed by atoms with van der Waals surface area (Å²) >= 11 is 3.42. The smallest absolute Gasteiger partial charge is 0.326 e. The first-order valence-corrected chi connectivity index (χ1v) is 15.7. The van der Waals surface area contributed by atoms with E-state index in [1.54, 1.807) is 18.2 Å². The van der Waals surface area contributed by atoms with Crippen LogP contribution in [0.25, 0.3) is 11.1 Å². The lowest BCUT2D eigenvalue weighted by Gasteiger charge is -2.17. The second kappa shape index (κ2) is 15.7. The van der Waals surface area contributed by atoms with E-state index in [9.17, 15) is 14.7 Å². The number of carbonyl (C=O) groups is 2. The van der Waals surface area contributed by atoms with Crippen LogP contribution in [0.1, 0.15) is 34.3 Å². The predicted octanol–water partition coefficient (Wildman–Crippen LogP) is 8.74. The van der Waals surface area contributed by atoms with Gasteiger partial charge in [0.1, 0.15) is 23.3 Å². The highest BCUT2D eigenvalue weighted by Gasteiger charge is 2.23. The molecule has 2 N–H and O–H groups in total. The van der Waals surface area contributed by atoms with E-state index >= 15 is 0 Å². The SMILES string of the molecule is O=C(NC(Cc1ccc(-c2ccccc2Oc2ccccc2)cc1)C(=O)O)c1cc(Br)ccc1OCCCCc1ccccc1. The minimum Gasteiger partial charge on any atom is -0.493 e. The highest BCUT2D eigenvalue weighted by atomic mass is 79.9. The summed E-state index contributed by atoms with van der Waals surface area (Å²) < 4.78 is 12.8. The predicted molar refractivity (Wildman–Crippen MR) is 180 cm³/mol. The van der Waals surface area contributed by atoms with Crippen molar-refractivity contribution in [2.24, 2.45) is 0 Å². The van der Waals surface area contributed by atoms with Gasteiger partial charge in [0, 0.05) is 16.5 Å². The largest absolute Gasteiger partial charge is 0.493 e. The van der Waals surface area contributed by atoms with Crippen LogP contribution in [0.4, 0.5) is 0 Å². The van der Waals surface area contributed by atoms with E-state index in [-0.39, 0.29) is 12.0 Å². The van der Waals surface area contributed by atoms with Gasteiger partial charge in [-0.1, -0.05) is 107 Å². The maximum absolute atomic E-state index is 13.3. The number of carbonyl (C=O) groups excluding carboxylic acids is 1. The van der Waals surface area contributed by atoms with Gasteiger partial charge in [-0.05, 0) is 72.4 Å². The summed E-state index contributed by atoms with van der Waals surface area (Å²) in [6, 6.07) is 39.3. The van der Waals surface area contributed by atoms with Crippen LogP contribution in [0.5, 0.6) is 17.2 Å². The zero-order chi connectivity index (χ0) is 31.4. The molecule has 0 saturated carbocycles. The Morgan fingerprint density at radius 2 is 1.42 bits per heavy atom. The van der Waals surface area contributed by atoms with E-state index in [2.05, 4.69) is 33.4 Å². The van der Waals surface area contributed by atoms with Crippen molar-refractivity contribution < 1.29 is 24.2 Å². The van der Waals surface area contributed by atoms with E-state index in [0.29, 0.717) is 16.8 Å². The number of carboxylic acids is 1. The second-order valence-corrected chi connectivity index (χ2v) is 11.5. The first-order valence-electron chi connectivity index (χ1n) is 14.9. The van der Waals surface area contributed by atoms with Crippen molar-refractivity contribution in [1.82, 2.24) is 5.32 Å². The Morgan fingerprint density at radius 1 is 0.733 bits per heavy atom. The molecule has 1 unspecified atom stereocenters. The molecule has 1 atom stereocenters. The number of nitrogens with one attached hydrogen (secondary N) is 1. The van der Waals surface area contributed by atoms with E-state index in [1.807, 2.05) is 97.1 Å². The van der Waals surface area contributed by atoms with Crippen molar-refractivity contribution in [2.75, 3.05) is 6.61 Å². The summed E-state index contributed by atoms with van der Waals surface area (Å²) in [5.41, 5.74) is 4.18.